The summed E-state index contributed by atoms with van der Waals surface area (Å²) in [7, 11) is 0. The van der Waals surface area contributed by atoms with Crippen molar-refractivity contribution < 1.29 is 14.4 Å². The summed E-state index contributed by atoms with van der Waals surface area (Å²) in [5, 5.41) is 20.0. The highest BCUT2D eigenvalue weighted by atomic mass is 16.2. The summed E-state index contributed by atoms with van der Waals surface area (Å²) in [5.74, 6) is -0.103. The van der Waals surface area contributed by atoms with Crippen molar-refractivity contribution in [3.63, 3.8) is 0 Å². The van der Waals surface area contributed by atoms with E-state index < -0.39 is 0 Å². The Morgan fingerprint density at radius 1 is 1.17 bits per heavy atom. The van der Waals surface area contributed by atoms with Crippen molar-refractivity contribution in [1.29, 1.82) is 0 Å². The van der Waals surface area contributed by atoms with Gasteiger partial charge < -0.3 is 15.5 Å². The van der Waals surface area contributed by atoms with Crippen LogP contribution >= 0.6 is 0 Å². The number of likely N-dealkylation sites (tertiary alicyclic amines) is 1. The average molecular weight is 477 g/mol. The number of nitrogens with one attached hydrogen (secondary N) is 4. The van der Waals surface area contributed by atoms with Gasteiger partial charge in [-0.1, -0.05) is 0 Å². The van der Waals surface area contributed by atoms with Crippen molar-refractivity contribution in [3.8, 4) is 11.3 Å². The molecule has 0 radical (unpaired) electrons. The molecule has 2 aliphatic rings. The van der Waals surface area contributed by atoms with Gasteiger partial charge in [0, 0.05) is 49.8 Å². The van der Waals surface area contributed by atoms with E-state index in [2.05, 4.69) is 36.0 Å². The van der Waals surface area contributed by atoms with Gasteiger partial charge in [0.1, 0.15) is 5.69 Å². The molecule has 1 aliphatic carbocycles. The van der Waals surface area contributed by atoms with Gasteiger partial charge in [0.05, 0.1) is 23.1 Å². The van der Waals surface area contributed by atoms with E-state index in [-0.39, 0.29) is 36.7 Å². The highest BCUT2D eigenvalue weighted by Gasteiger charge is 2.34. The van der Waals surface area contributed by atoms with E-state index in [1.807, 2.05) is 17.0 Å². The summed E-state index contributed by atoms with van der Waals surface area (Å²) >= 11 is 0. The van der Waals surface area contributed by atoms with Crippen molar-refractivity contribution in [3.05, 3.63) is 47.0 Å². The smallest absolute Gasteiger partial charge is 0.272 e. The largest absolute Gasteiger partial charge is 0.356 e. The minimum absolute atomic E-state index is 0.0775. The Bertz CT molecular complexity index is 1260. The number of piperidine rings is 1. The van der Waals surface area contributed by atoms with Crippen molar-refractivity contribution in [2.24, 2.45) is 0 Å². The zero-order valence-electron chi connectivity index (χ0n) is 19.6. The lowest BCUT2D eigenvalue weighted by molar-refractivity contribution is -0.119. The van der Waals surface area contributed by atoms with Crippen LogP contribution in [-0.2, 0) is 22.4 Å². The number of carbonyl (C=O) groups is 3. The molecule has 182 valence electrons. The maximum absolute atomic E-state index is 13.7. The summed E-state index contributed by atoms with van der Waals surface area (Å²) in [6.07, 6.45) is 6.14. The second kappa shape index (κ2) is 9.69. The molecule has 1 aliphatic heterocycles. The molecule has 35 heavy (non-hydrogen) atoms. The number of amides is 3. The molecule has 0 bridgehead atoms. The highest BCUT2D eigenvalue weighted by molar-refractivity contribution is 5.96. The third-order valence-electron chi connectivity index (χ3n) is 6.55. The fraction of sp³-hybridized carbons (Fsp3) is 0.417. The van der Waals surface area contributed by atoms with Crippen LogP contribution in [0.25, 0.3) is 11.3 Å². The number of hydrogen-bond acceptors (Lipinski definition) is 6. The second-order valence-corrected chi connectivity index (χ2v) is 8.92. The molecule has 3 amide bonds. The zero-order chi connectivity index (χ0) is 24.4. The minimum atomic E-state index is -0.243. The van der Waals surface area contributed by atoms with E-state index in [9.17, 15) is 14.4 Å². The molecule has 0 spiro atoms. The molecule has 0 saturated carbocycles. The average Bonchev–Trinajstić information content (AvgIpc) is 3.51. The Morgan fingerprint density at radius 2 is 2.06 bits per heavy atom. The number of H-pyrrole nitrogens is 2. The maximum Gasteiger partial charge on any atom is 0.272 e. The van der Waals surface area contributed by atoms with E-state index in [0.717, 1.165) is 53.9 Å². The summed E-state index contributed by atoms with van der Waals surface area (Å²) < 4.78 is 0. The van der Waals surface area contributed by atoms with Gasteiger partial charge in [0.25, 0.3) is 5.91 Å². The lowest BCUT2D eigenvalue weighted by Gasteiger charge is -2.35. The molecule has 11 nitrogen and oxygen atoms in total. The van der Waals surface area contributed by atoms with Gasteiger partial charge in [-0.2, -0.15) is 10.2 Å². The number of hydrogen-bond donors (Lipinski definition) is 4. The number of rotatable bonds is 6. The molecule has 1 fully saturated rings. The van der Waals surface area contributed by atoms with Gasteiger partial charge in [-0.25, -0.2) is 0 Å². The van der Waals surface area contributed by atoms with E-state index >= 15 is 0 Å². The third-order valence-corrected chi connectivity index (χ3v) is 6.55. The van der Waals surface area contributed by atoms with E-state index in [4.69, 9.17) is 0 Å². The lowest BCUT2D eigenvalue weighted by Crippen LogP contribution is -2.39. The lowest BCUT2D eigenvalue weighted by atomic mass is 9.91. The predicted molar refractivity (Wildman–Crippen MR) is 127 cm³/mol. The van der Waals surface area contributed by atoms with Crippen LogP contribution < -0.4 is 10.6 Å². The number of aromatic amines is 2. The zero-order valence-corrected chi connectivity index (χ0v) is 19.6. The molecule has 3 aromatic rings. The Balaban J connectivity index is 1.32. The molecule has 1 atom stereocenters. The van der Waals surface area contributed by atoms with Gasteiger partial charge in [-0.15, -0.1) is 0 Å². The summed E-state index contributed by atoms with van der Waals surface area (Å²) in [4.78, 5) is 43.1. The first-order valence-electron chi connectivity index (χ1n) is 11.9. The van der Waals surface area contributed by atoms with Gasteiger partial charge in [0.2, 0.25) is 11.8 Å². The monoisotopic (exact) mass is 476 g/mol. The first kappa shape index (κ1) is 22.8. The number of carbonyl (C=O) groups excluding carboxylic acids is 3. The maximum atomic E-state index is 13.7. The van der Waals surface area contributed by atoms with Crippen molar-refractivity contribution in [2.45, 2.75) is 51.5 Å². The first-order valence-corrected chi connectivity index (χ1v) is 11.9. The van der Waals surface area contributed by atoms with Crippen molar-refractivity contribution in [1.82, 2.24) is 35.6 Å². The van der Waals surface area contributed by atoms with Gasteiger partial charge in [-0.3, -0.25) is 29.6 Å². The third kappa shape index (κ3) is 4.66. The molecule has 0 aromatic carbocycles. The van der Waals surface area contributed by atoms with Crippen LogP contribution in [0.5, 0.6) is 0 Å². The Labute approximate surface area is 202 Å². The van der Waals surface area contributed by atoms with E-state index in [0.29, 0.717) is 24.5 Å². The van der Waals surface area contributed by atoms with Gasteiger partial charge >= 0.3 is 0 Å². The standard InChI is InChI=1S/C24H28N8O3/c1-14(33)25-11-9-21(34)27-20-13-18(28-29-20)19-6-2-3-12-32(19)24(35)23-16-7-8-17-15(5-4-10-26-17)22(16)30-31-23/h4-5,10,13,19H,2-3,6-9,11-12H2,1H3,(H,25,33)(H,30,31)(H2,27,28,29,34). The molecule has 4 heterocycles. The Hall–Kier alpha value is -4.02. The SMILES string of the molecule is CC(=O)NCCC(=O)Nc1cc(C2CCCCN2C(=O)c2[nH]nc3c2CCc2ncccc2-3)[nH]n1. The van der Waals surface area contributed by atoms with Crippen LogP contribution in [0, 0.1) is 0 Å². The van der Waals surface area contributed by atoms with E-state index in [1.54, 1.807) is 12.3 Å². The molecule has 1 unspecified atom stereocenters. The number of aryl methyl sites for hydroxylation is 1. The topological polar surface area (TPSA) is 149 Å². The van der Waals surface area contributed by atoms with Crippen LogP contribution in [0.3, 0.4) is 0 Å². The van der Waals surface area contributed by atoms with Crippen LogP contribution in [0.1, 0.15) is 66.1 Å². The molecule has 11 heteroatoms. The second-order valence-electron chi connectivity index (χ2n) is 8.92. The predicted octanol–water partition coefficient (Wildman–Crippen LogP) is 2.13. The van der Waals surface area contributed by atoms with Gasteiger partial charge in [0.15, 0.2) is 5.82 Å². The van der Waals surface area contributed by atoms with Crippen LogP contribution in [-0.4, -0.2) is 61.1 Å². The van der Waals surface area contributed by atoms with Crippen molar-refractivity contribution in [2.75, 3.05) is 18.4 Å². The minimum Gasteiger partial charge on any atom is -0.356 e. The summed E-state index contributed by atoms with van der Waals surface area (Å²) in [6.45, 7) is 2.30. The quantitative estimate of drug-likeness (QED) is 0.428. The number of fused-ring (bicyclic) bond motifs is 3. The Kier molecular flexibility index (Phi) is 6.30. The number of aromatic nitrogens is 5. The number of pyridine rings is 1. The molecule has 1 saturated heterocycles. The van der Waals surface area contributed by atoms with Crippen molar-refractivity contribution >= 4 is 23.5 Å². The van der Waals surface area contributed by atoms with Crippen LogP contribution in [0.2, 0.25) is 0 Å². The number of nitrogens with zero attached hydrogens (tertiary/aromatic N) is 4. The molecule has 3 aromatic heterocycles. The molecular formula is C24H28N8O3. The van der Waals surface area contributed by atoms with Crippen LogP contribution in [0.4, 0.5) is 5.82 Å². The fourth-order valence-corrected chi connectivity index (χ4v) is 4.87. The summed E-state index contributed by atoms with van der Waals surface area (Å²) in [5.41, 5.74) is 5.04. The summed E-state index contributed by atoms with van der Waals surface area (Å²) in [6, 6.07) is 5.48. The van der Waals surface area contributed by atoms with Crippen LogP contribution in [0.15, 0.2) is 24.4 Å². The van der Waals surface area contributed by atoms with E-state index in [1.165, 1.54) is 6.92 Å². The number of anilines is 1. The normalized spacial score (nSPS) is 16.8. The molecule has 4 N–H and O–H groups in total. The Morgan fingerprint density at radius 3 is 2.91 bits per heavy atom. The first-order chi connectivity index (χ1) is 17.0. The van der Waals surface area contributed by atoms with Gasteiger partial charge in [-0.05, 0) is 44.2 Å². The highest BCUT2D eigenvalue weighted by Crippen LogP contribution is 2.36. The molecular weight excluding hydrogens is 448 g/mol. The fourth-order valence-electron chi connectivity index (χ4n) is 4.87. The molecule has 5 rings (SSSR count).